The third-order valence-electron chi connectivity index (χ3n) is 5.98. The van der Waals surface area contributed by atoms with E-state index >= 15 is 0 Å². The Morgan fingerprint density at radius 1 is 0.964 bits per heavy atom. The van der Waals surface area contributed by atoms with Crippen molar-refractivity contribution in [3.05, 3.63) is 65.7 Å². The first-order valence-corrected chi connectivity index (χ1v) is 10.7. The predicted molar refractivity (Wildman–Crippen MR) is 116 cm³/mol. The molecule has 0 aliphatic carbocycles. The van der Waals surface area contributed by atoms with Crippen LogP contribution in [0, 0.1) is 5.92 Å². The first kappa shape index (κ1) is 20.9. The van der Waals surface area contributed by atoms with E-state index in [1.54, 1.807) is 7.11 Å². The second-order valence-corrected chi connectivity index (χ2v) is 8.58. The molecule has 0 radical (unpaired) electrons. The van der Waals surface area contributed by atoms with Crippen LogP contribution in [-0.4, -0.2) is 36.8 Å². The number of methoxy groups -OCH3 is 1. The molecule has 0 unspecified atom stereocenters. The number of hydrogen-bond acceptors (Lipinski definition) is 3. The summed E-state index contributed by atoms with van der Waals surface area (Å²) in [5.74, 6) is 1.24. The third-order valence-corrected chi connectivity index (χ3v) is 5.98. The number of ether oxygens (including phenoxy) is 1. The van der Waals surface area contributed by atoms with Gasteiger partial charge in [-0.05, 0) is 61.5 Å². The molecule has 2 atom stereocenters. The zero-order chi connectivity index (χ0) is 20.0. The van der Waals surface area contributed by atoms with E-state index < -0.39 is 5.60 Å². The van der Waals surface area contributed by atoms with Crippen molar-refractivity contribution in [1.29, 1.82) is 0 Å². The highest BCUT2D eigenvalue weighted by Crippen LogP contribution is 2.43. The summed E-state index contributed by atoms with van der Waals surface area (Å²) in [5, 5.41) is 12.2. The lowest BCUT2D eigenvalue weighted by atomic mass is 9.72. The number of benzene rings is 2. The summed E-state index contributed by atoms with van der Waals surface area (Å²) >= 11 is 0. The molecule has 1 N–H and O–H groups in total. The fraction of sp³-hybridized carbons (Fsp3) is 0.520. The summed E-state index contributed by atoms with van der Waals surface area (Å²) in [7, 11) is 1.68. The van der Waals surface area contributed by atoms with Crippen LogP contribution in [0.5, 0.6) is 5.75 Å². The third kappa shape index (κ3) is 4.95. The van der Waals surface area contributed by atoms with Crippen molar-refractivity contribution in [1.82, 2.24) is 4.90 Å². The van der Waals surface area contributed by atoms with Crippen molar-refractivity contribution in [2.75, 3.05) is 26.7 Å². The van der Waals surface area contributed by atoms with Crippen molar-refractivity contribution >= 4 is 0 Å². The quantitative estimate of drug-likeness (QED) is 0.682. The molecule has 3 rings (SSSR count). The average molecular weight is 382 g/mol. The molecule has 0 aromatic heterocycles. The van der Waals surface area contributed by atoms with E-state index in [4.69, 9.17) is 4.74 Å². The number of piperidine rings is 1. The molecule has 0 saturated carbocycles. The molecular weight excluding hydrogens is 346 g/mol. The van der Waals surface area contributed by atoms with Gasteiger partial charge in [0.1, 0.15) is 5.75 Å². The van der Waals surface area contributed by atoms with Crippen molar-refractivity contribution in [2.45, 2.75) is 51.0 Å². The van der Waals surface area contributed by atoms with E-state index in [9.17, 15) is 5.11 Å². The van der Waals surface area contributed by atoms with Crippen LogP contribution in [0.3, 0.4) is 0 Å². The normalized spacial score (nSPS) is 18.6. The average Bonchev–Trinajstić information content (AvgIpc) is 2.73. The SMILES string of the molecule is COc1ccc([C@@](O)(CC(C)C)[C@@H](CN2CCCCC2)c2ccccc2)cc1. The Labute approximate surface area is 170 Å². The topological polar surface area (TPSA) is 32.7 Å². The summed E-state index contributed by atoms with van der Waals surface area (Å²) in [6, 6.07) is 18.6. The zero-order valence-corrected chi connectivity index (χ0v) is 17.6. The van der Waals surface area contributed by atoms with Gasteiger partial charge in [-0.3, -0.25) is 0 Å². The van der Waals surface area contributed by atoms with Crippen molar-refractivity contribution in [3.8, 4) is 5.75 Å². The summed E-state index contributed by atoms with van der Waals surface area (Å²) in [4.78, 5) is 2.54. The molecule has 0 spiro atoms. The maximum absolute atomic E-state index is 12.2. The van der Waals surface area contributed by atoms with Gasteiger partial charge >= 0.3 is 0 Å². The van der Waals surface area contributed by atoms with E-state index in [-0.39, 0.29) is 5.92 Å². The standard InChI is InChI=1S/C25H35NO2/c1-20(2)18-25(27,22-12-14-23(28-3)15-13-22)24(21-10-6-4-7-11-21)19-26-16-8-5-9-17-26/h4,6-7,10-15,20,24,27H,5,8-9,16-19H2,1-3H3/t24-,25-/m0/s1. The van der Waals surface area contributed by atoms with Crippen molar-refractivity contribution < 1.29 is 9.84 Å². The smallest absolute Gasteiger partial charge is 0.118 e. The van der Waals surface area contributed by atoms with Gasteiger partial charge in [-0.2, -0.15) is 0 Å². The van der Waals surface area contributed by atoms with Gasteiger partial charge in [-0.25, -0.2) is 0 Å². The van der Waals surface area contributed by atoms with Crippen molar-refractivity contribution in [3.63, 3.8) is 0 Å². The van der Waals surface area contributed by atoms with Crippen LogP contribution in [0.25, 0.3) is 0 Å². The number of hydrogen-bond donors (Lipinski definition) is 1. The van der Waals surface area contributed by atoms with Crippen LogP contribution in [0.1, 0.15) is 56.6 Å². The van der Waals surface area contributed by atoms with Gasteiger partial charge in [-0.1, -0.05) is 62.7 Å². The Morgan fingerprint density at radius 2 is 1.61 bits per heavy atom. The predicted octanol–water partition coefficient (Wildman–Crippen LogP) is 5.20. The Morgan fingerprint density at radius 3 is 2.18 bits per heavy atom. The van der Waals surface area contributed by atoms with E-state index in [0.717, 1.165) is 37.4 Å². The van der Waals surface area contributed by atoms with Gasteiger partial charge in [0.05, 0.1) is 12.7 Å². The molecule has 0 bridgehead atoms. The van der Waals surface area contributed by atoms with Crippen LogP contribution < -0.4 is 4.74 Å². The summed E-state index contributed by atoms with van der Waals surface area (Å²) in [6.45, 7) is 7.53. The molecule has 3 nitrogen and oxygen atoms in total. The molecule has 1 aliphatic rings. The van der Waals surface area contributed by atoms with E-state index in [1.807, 2.05) is 24.3 Å². The lowest BCUT2D eigenvalue weighted by Crippen LogP contribution is -2.43. The number of aliphatic hydroxyl groups is 1. The molecule has 152 valence electrons. The van der Waals surface area contributed by atoms with E-state index in [0.29, 0.717) is 5.92 Å². The van der Waals surface area contributed by atoms with Gasteiger partial charge < -0.3 is 14.7 Å². The molecule has 1 aliphatic heterocycles. The fourth-order valence-electron chi connectivity index (χ4n) is 4.58. The van der Waals surface area contributed by atoms with Crippen molar-refractivity contribution in [2.24, 2.45) is 5.92 Å². The van der Waals surface area contributed by atoms with Crippen LogP contribution in [0.4, 0.5) is 0 Å². The Hall–Kier alpha value is -1.84. The lowest BCUT2D eigenvalue weighted by molar-refractivity contribution is -0.0245. The molecule has 1 heterocycles. The molecule has 28 heavy (non-hydrogen) atoms. The molecule has 2 aromatic carbocycles. The first-order valence-electron chi connectivity index (χ1n) is 10.7. The minimum absolute atomic E-state index is 0.0302. The highest BCUT2D eigenvalue weighted by Gasteiger charge is 2.40. The maximum atomic E-state index is 12.2. The second-order valence-electron chi connectivity index (χ2n) is 8.58. The fourth-order valence-corrected chi connectivity index (χ4v) is 4.58. The van der Waals surface area contributed by atoms with Crippen LogP contribution in [-0.2, 0) is 5.60 Å². The highest BCUT2D eigenvalue weighted by molar-refractivity contribution is 5.35. The number of nitrogens with zero attached hydrogens (tertiary/aromatic N) is 1. The minimum atomic E-state index is -0.917. The molecular formula is C25H35NO2. The monoisotopic (exact) mass is 381 g/mol. The maximum Gasteiger partial charge on any atom is 0.118 e. The van der Waals surface area contributed by atoms with E-state index in [1.165, 1.54) is 24.8 Å². The molecule has 2 aromatic rings. The summed E-state index contributed by atoms with van der Waals surface area (Å²) < 4.78 is 5.34. The van der Waals surface area contributed by atoms with Gasteiger partial charge in [0, 0.05) is 12.5 Å². The summed E-state index contributed by atoms with van der Waals surface area (Å²) in [6.07, 6.45) is 4.56. The molecule has 3 heteroatoms. The van der Waals surface area contributed by atoms with Crippen LogP contribution >= 0.6 is 0 Å². The first-order chi connectivity index (χ1) is 13.5. The van der Waals surface area contributed by atoms with Gasteiger partial charge in [0.25, 0.3) is 0 Å². The molecule has 1 saturated heterocycles. The van der Waals surface area contributed by atoms with E-state index in [2.05, 4.69) is 49.1 Å². The minimum Gasteiger partial charge on any atom is -0.497 e. The van der Waals surface area contributed by atoms with Crippen LogP contribution in [0.2, 0.25) is 0 Å². The molecule has 0 amide bonds. The Kier molecular flexibility index (Phi) is 7.14. The van der Waals surface area contributed by atoms with Gasteiger partial charge in [0.15, 0.2) is 0 Å². The Bertz CT molecular complexity index is 707. The second kappa shape index (κ2) is 9.58. The number of likely N-dealkylation sites (tertiary alicyclic amines) is 1. The zero-order valence-electron chi connectivity index (χ0n) is 17.6. The largest absolute Gasteiger partial charge is 0.497 e. The molecule has 1 fully saturated rings. The number of rotatable bonds is 8. The highest BCUT2D eigenvalue weighted by atomic mass is 16.5. The van der Waals surface area contributed by atoms with Crippen LogP contribution in [0.15, 0.2) is 54.6 Å². The summed E-state index contributed by atoms with van der Waals surface area (Å²) in [5.41, 5.74) is 1.28. The van der Waals surface area contributed by atoms with Gasteiger partial charge in [-0.15, -0.1) is 0 Å². The Balaban J connectivity index is 2.01. The lowest BCUT2D eigenvalue weighted by Gasteiger charge is -2.42. The van der Waals surface area contributed by atoms with Gasteiger partial charge in [0.2, 0.25) is 0 Å².